The quantitative estimate of drug-likeness (QED) is 0.816. The van der Waals surface area contributed by atoms with E-state index in [4.69, 9.17) is 4.74 Å². The zero-order valence-electron chi connectivity index (χ0n) is 11.8. The predicted molar refractivity (Wildman–Crippen MR) is 78.9 cm³/mol. The highest BCUT2D eigenvalue weighted by Crippen LogP contribution is 2.18. The number of benzene rings is 1. The number of carbonyl (C=O) groups excluding carboxylic acids is 1. The molecule has 21 heavy (non-hydrogen) atoms. The zero-order chi connectivity index (χ0) is 15.1. The van der Waals surface area contributed by atoms with Crippen LogP contribution in [0.5, 0.6) is 5.75 Å². The fourth-order valence-electron chi connectivity index (χ4n) is 2.08. The molecule has 1 atom stereocenters. The molecule has 106 valence electrons. The topological polar surface area (TPSA) is 63.0 Å². The monoisotopic (exact) mass is 280 g/mol. The van der Waals surface area contributed by atoms with Gasteiger partial charge < -0.3 is 4.74 Å². The molecule has 1 aromatic carbocycles. The number of carbonyl (C=O) groups is 1. The van der Waals surface area contributed by atoms with Crippen molar-refractivity contribution in [1.29, 1.82) is 5.26 Å². The highest BCUT2D eigenvalue weighted by Gasteiger charge is 2.19. The number of ether oxygens (including phenoxy) is 1. The summed E-state index contributed by atoms with van der Waals surface area (Å²) in [4.78, 5) is 16.2. The summed E-state index contributed by atoms with van der Waals surface area (Å²) in [5, 5.41) is 9.20. The summed E-state index contributed by atoms with van der Waals surface area (Å²) in [5.41, 5.74) is 1.70. The van der Waals surface area contributed by atoms with Crippen LogP contribution >= 0.6 is 0 Å². The van der Waals surface area contributed by atoms with E-state index in [0.717, 1.165) is 11.3 Å². The van der Waals surface area contributed by atoms with E-state index in [9.17, 15) is 10.1 Å². The second-order valence-electron chi connectivity index (χ2n) is 4.66. The van der Waals surface area contributed by atoms with Crippen LogP contribution in [0, 0.1) is 11.3 Å². The first kappa shape index (κ1) is 14.7. The fraction of sp³-hybridized carbons (Fsp3) is 0.235. The van der Waals surface area contributed by atoms with Crippen molar-refractivity contribution >= 4 is 5.78 Å². The Hall–Kier alpha value is -2.67. The van der Waals surface area contributed by atoms with Crippen LogP contribution in [-0.2, 0) is 11.2 Å². The molecule has 0 amide bonds. The van der Waals surface area contributed by atoms with Crippen molar-refractivity contribution in [2.45, 2.75) is 18.8 Å². The van der Waals surface area contributed by atoms with Crippen LogP contribution in [0.3, 0.4) is 0 Å². The molecule has 0 aliphatic rings. The van der Waals surface area contributed by atoms with Crippen LogP contribution in [0.4, 0.5) is 0 Å². The van der Waals surface area contributed by atoms with Gasteiger partial charge in [0.05, 0.1) is 13.2 Å². The maximum atomic E-state index is 12.2. The molecule has 0 radical (unpaired) electrons. The highest BCUT2D eigenvalue weighted by molar-refractivity contribution is 5.88. The Morgan fingerprint density at radius 2 is 2.10 bits per heavy atom. The minimum Gasteiger partial charge on any atom is -0.497 e. The minimum atomic E-state index is -0.739. The second-order valence-corrected chi connectivity index (χ2v) is 4.66. The van der Waals surface area contributed by atoms with Crippen molar-refractivity contribution in [3.8, 4) is 11.8 Å². The standard InChI is InChI=1S/C17H16N2O2/c1-21-15-7-4-13(5-8-15)6-9-17(20)16(11-18)14-3-2-10-19-12-14/h2-5,7-8,10,12,16H,6,9H2,1H3. The van der Waals surface area contributed by atoms with Gasteiger partial charge in [-0.15, -0.1) is 0 Å². The molecule has 1 aromatic heterocycles. The Labute approximate surface area is 124 Å². The lowest BCUT2D eigenvalue weighted by Gasteiger charge is -2.08. The van der Waals surface area contributed by atoms with Gasteiger partial charge in [0, 0.05) is 18.8 Å². The summed E-state index contributed by atoms with van der Waals surface area (Å²) < 4.78 is 5.09. The molecule has 1 unspecified atom stereocenters. The van der Waals surface area contributed by atoms with E-state index >= 15 is 0 Å². The second kappa shape index (κ2) is 7.20. The molecule has 4 nitrogen and oxygen atoms in total. The minimum absolute atomic E-state index is 0.0821. The third-order valence-electron chi connectivity index (χ3n) is 3.29. The summed E-state index contributed by atoms with van der Waals surface area (Å²) in [6, 6.07) is 13.1. The number of rotatable bonds is 6. The fourth-order valence-corrected chi connectivity index (χ4v) is 2.08. The van der Waals surface area contributed by atoms with Gasteiger partial charge in [0.15, 0.2) is 5.78 Å². The molecule has 0 aliphatic carbocycles. The Morgan fingerprint density at radius 3 is 2.67 bits per heavy atom. The van der Waals surface area contributed by atoms with E-state index in [0.29, 0.717) is 18.4 Å². The van der Waals surface area contributed by atoms with Gasteiger partial charge in [0.1, 0.15) is 11.7 Å². The normalized spacial score (nSPS) is 11.4. The Kier molecular flexibility index (Phi) is 5.05. The molecule has 2 rings (SSSR count). The number of hydrogen-bond acceptors (Lipinski definition) is 4. The number of nitrogens with zero attached hydrogens (tertiary/aromatic N) is 2. The van der Waals surface area contributed by atoms with E-state index in [1.165, 1.54) is 0 Å². The van der Waals surface area contributed by atoms with Crippen LogP contribution < -0.4 is 4.74 Å². The van der Waals surface area contributed by atoms with Gasteiger partial charge >= 0.3 is 0 Å². The summed E-state index contributed by atoms with van der Waals surface area (Å²) in [6.07, 6.45) is 4.14. The molecule has 0 N–H and O–H groups in total. The third-order valence-corrected chi connectivity index (χ3v) is 3.29. The average molecular weight is 280 g/mol. The smallest absolute Gasteiger partial charge is 0.154 e. The van der Waals surface area contributed by atoms with Crippen LogP contribution in [-0.4, -0.2) is 17.9 Å². The van der Waals surface area contributed by atoms with Crippen molar-refractivity contribution < 1.29 is 9.53 Å². The average Bonchev–Trinajstić information content (AvgIpc) is 2.55. The van der Waals surface area contributed by atoms with Gasteiger partial charge in [0.25, 0.3) is 0 Å². The van der Waals surface area contributed by atoms with Crippen LogP contribution in [0.15, 0.2) is 48.8 Å². The summed E-state index contributed by atoms with van der Waals surface area (Å²) in [7, 11) is 1.62. The number of hydrogen-bond donors (Lipinski definition) is 0. The highest BCUT2D eigenvalue weighted by atomic mass is 16.5. The Balaban J connectivity index is 1.98. The van der Waals surface area contributed by atoms with Crippen LogP contribution in [0.2, 0.25) is 0 Å². The van der Waals surface area contributed by atoms with E-state index in [1.807, 2.05) is 24.3 Å². The van der Waals surface area contributed by atoms with Crippen molar-refractivity contribution in [1.82, 2.24) is 4.98 Å². The first-order valence-corrected chi connectivity index (χ1v) is 6.70. The van der Waals surface area contributed by atoms with E-state index in [2.05, 4.69) is 11.1 Å². The third kappa shape index (κ3) is 3.90. The lowest BCUT2D eigenvalue weighted by molar-refractivity contribution is -0.119. The van der Waals surface area contributed by atoms with Gasteiger partial charge in [-0.1, -0.05) is 18.2 Å². The molecule has 0 fully saturated rings. The van der Waals surface area contributed by atoms with Gasteiger partial charge in [0.2, 0.25) is 0 Å². The van der Waals surface area contributed by atoms with E-state index in [-0.39, 0.29) is 5.78 Å². The van der Waals surface area contributed by atoms with E-state index < -0.39 is 5.92 Å². The maximum absolute atomic E-state index is 12.2. The summed E-state index contributed by atoms with van der Waals surface area (Å²) in [5.74, 6) is -0.0337. The SMILES string of the molecule is COc1ccc(CCC(=O)C(C#N)c2cccnc2)cc1. The largest absolute Gasteiger partial charge is 0.497 e. The van der Waals surface area contributed by atoms with Crippen molar-refractivity contribution in [3.63, 3.8) is 0 Å². The zero-order valence-corrected chi connectivity index (χ0v) is 11.8. The van der Waals surface area contributed by atoms with Gasteiger partial charge in [-0.2, -0.15) is 5.26 Å². The van der Waals surface area contributed by atoms with E-state index in [1.54, 1.807) is 31.6 Å². The number of nitriles is 1. The van der Waals surface area contributed by atoms with Gasteiger partial charge in [-0.25, -0.2) is 0 Å². The first-order chi connectivity index (χ1) is 10.2. The van der Waals surface area contributed by atoms with Crippen molar-refractivity contribution in [3.05, 3.63) is 59.9 Å². The predicted octanol–water partition coefficient (Wildman–Crippen LogP) is 2.90. The van der Waals surface area contributed by atoms with Crippen molar-refractivity contribution in [2.24, 2.45) is 0 Å². The Bertz CT molecular complexity index is 630. The number of ketones is 1. The molecule has 0 spiro atoms. The lowest BCUT2D eigenvalue weighted by Crippen LogP contribution is -2.12. The Morgan fingerprint density at radius 1 is 1.33 bits per heavy atom. The number of methoxy groups -OCH3 is 1. The first-order valence-electron chi connectivity index (χ1n) is 6.70. The van der Waals surface area contributed by atoms with Crippen LogP contribution in [0.1, 0.15) is 23.5 Å². The molecule has 4 heteroatoms. The molecular weight excluding hydrogens is 264 g/mol. The van der Waals surface area contributed by atoms with Crippen molar-refractivity contribution in [2.75, 3.05) is 7.11 Å². The molecule has 0 saturated carbocycles. The van der Waals surface area contributed by atoms with Crippen LogP contribution in [0.25, 0.3) is 0 Å². The molecule has 1 heterocycles. The molecule has 0 bridgehead atoms. The van der Waals surface area contributed by atoms with Gasteiger partial charge in [-0.3, -0.25) is 9.78 Å². The number of pyridine rings is 1. The summed E-state index contributed by atoms with van der Waals surface area (Å²) in [6.45, 7) is 0. The number of aryl methyl sites for hydroxylation is 1. The molecule has 0 saturated heterocycles. The summed E-state index contributed by atoms with van der Waals surface area (Å²) >= 11 is 0. The molecule has 2 aromatic rings. The number of Topliss-reactive ketones (excluding diaryl/α,β-unsaturated/α-hetero) is 1. The maximum Gasteiger partial charge on any atom is 0.154 e. The molecular formula is C17H16N2O2. The number of aromatic nitrogens is 1. The lowest BCUT2D eigenvalue weighted by atomic mass is 9.93. The molecule has 0 aliphatic heterocycles. The van der Waals surface area contributed by atoms with Gasteiger partial charge in [-0.05, 0) is 35.7 Å².